The molecule has 1 aromatic rings. The molecule has 1 saturated carbocycles. The van der Waals surface area contributed by atoms with Crippen molar-refractivity contribution in [3.05, 3.63) is 29.6 Å². The third-order valence-electron chi connectivity index (χ3n) is 4.17. The Hall–Kier alpha value is -1.76. The molecule has 5 nitrogen and oxygen atoms in total. The van der Waals surface area contributed by atoms with Crippen LogP contribution in [0.1, 0.15) is 24.8 Å². The molecule has 1 aliphatic heterocycles. The second kappa shape index (κ2) is 5.22. The van der Waals surface area contributed by atoms with E-state index in [0.29, 0.717) is 5.17 Å². The third-order valence-corrected chi connectivity index (χ3v) is 5.20. The Kier molecular flexibility index (Phi) is 3.52. The van der Waals surface area contributed by atoms with Gasteiger partial charge in [-0.05, 0) is 36.5 Å². The fourth-order valence-electron chi connectivity index (χ4n) is 3.20. The molecule has 2 aliphatic rings. The maximum Gasteiger partial charge on any atom is 0.410 e. The Morgan fingerprint density at radius 1 is 1.52 bits per heavy atom. The molecule has 1 fully saturated rings. The van der Waals surface area contributed by atoms with Gasteiger partial charge in [0.25, 0.3) is 0 Å². The number of amides is 1. The van der Waals surface area contributed by atoms with Crippen LogP contribution in [0.15, 0.2) is 23.2 Å². The fourth-order valence-corrected chi connectivity index (χ4v) is 4.39. The molecule has 0 spiro atoms. The summed E-state index contributed by atoms with van der Waals surface area (Å²) < 4.78 is 13.3. The molecule has 0 saturated heterocycles. The van der Waals surface area contributed by atoms with E-state index in [2.05, 4.69) is 10.3 Å². The van der Waals surface area contributed by atoms with E-state index < -0.39 is 23.2 Å². The van der Waals surface area contributed by atoms with E-state index in [1.54, 1.807) is 6.07 Å². The Labute approximate surface area is 125 Å². The molecular formula is C14H15FN2O3S. The summed E-state index contributed by atoms with van der Waals surface area (Å²) in [5.41, 5.74) is 0.183. The number of halogens is 1. The highest BCUT2D eigenvalue weighted by molar-refractivity contribution is 8.13. The van der Waals surface area contributed by atoms with Crippen LogP contribution in [0.3, 0.4) is 0 Å². The van der Waals surface area contributed by atoms with Crippen molar-refractivity contribution < 1.29 is 19.4 Å². The number of carbonyl (C=O) groups is 1. The molecule has 112 valence electrons. The number of carboxylic acid groups (broad SMARTS) is 1. The summed E-state index contributed by atoms with van der Waals surface area (Å²) in [4.78, 5) is 15.4. The smallest absolute Gasteiger partial charge is 0.410 e. The predicted octanol–water partition coefficient (Wildman–Crippen LogP) is 2.90. The van der Waals surface area contributed by atoms with E-state index in [1.807, 2.05) is 0 Å². The minimum Gasteiger partial charge on any atom is -0.505 e. The Bertz CT molecular complexity index is 622. The molecule has 1 heterocycles. The van der Waals surface area contributed by atoms with Crippen molar-refractivity contribution in [1.82, 2.24) is 5.32 Å². The minimum atomic E-state index is -1.14. The number of phenolic OH excluding ortho intramolecular Hbond substituents is 1. The lowest BCUT2D eigenvalue weighted by molar-refractivity contribution is 0.200. The molecule has 1 aromatic carbocycles. The summed E-state index contributed by atoms with van der Waals surface area (Å²) in [6, 6.07) is 4.27. The second-order valence-electron chi connectivity index (χ2n) is 5.34. The summed E-state index contributed by atoms with van der Waals surface area (Å²) in [5.74, 6) is -0.0276. The number of aromatic hydroxyl groups is 1. The largest absolute Gasteiger partial charge is 0.505 e. The molecule has 21 heavy (non-hydrogen) atoms. The number of phenols is 1. The number of amidine groups is 1. The average Bonchev–Trinajstić information content (AvgIpc) is 2.85. The zero-order valence-electron chi connectivity index (χ0n) is 11.2. The first-order valence-electron chi connectivity index (χ1n) is 6.73. The summed E-state index contributed by atoms with van der Waals surface area (Å²) in [7, 11) is 0. The summed E-state index contributed by atoms with van der Waals surface area (Å²) in [6.07, 6.45) is 1.60. The van der Waals surface area contributed by atoms with Gasteiger partial charge in [0, 0.05) is 5.75 Å². The molecule has 7 heteroatoms. The molecular weight excluding hydrogens is 295 g/mol. The van der Waals surface area contributed by atoms with Gasteiger partial charge in [-0.25, -0.2) is 9.18 Å². The highest BCUT2D eigenvalue weighted by Crippen LogP contribution is 2.51. The normalized spacial score (nSPS) is 27.9. The Morgan fingerprint density at radius 3 is 3.05 bits per heavy atom. The van der Waals surface area contributed by atoms with Crippen LogP contribution in [0.4, 0.5) is 9.18 Å². The van der Waals surface area contributed by atoms with Crippen LogP contribution < -0.4 is 5.32 Å². The number of nitrogens with zero attached hydrogens (tertiary/aromatic N) is 1. The van der Waals surface area contributed by atoms with E-state index >= 15 is 0 Å². The maximum atomic E-state index is 13.3. The molecule has 3 N–H and O–H groups in total. The van der Waals surface area contributed by atoms with Crippen molar-refractivity contribution in [2.24, 2.45) is 10.9 Å². The van der Waals surface area contributed by atoms with E-state index in [0.717, 1.165) is 30.6 Å². The SMILES string of the molecule is O=C(O)NC1=N[C@@]2(c3ccc(F)c(O)c3)CCCC2CS1. The molecule has 0 bridgehead atoms. The number of thioether (sulfide) groups is 1. The lowest BCUT2D eigenvalue weighted by Crippen LogP contribution is -2.39. The fraction of sp³-hybridized carbons (Fsp3) is 0.429. The number of aliphatic imine (C=N–C) groups is 1. The molecule has 0 aromatic heterocycles. The van der Waals surface area contributed by atoms with Crippen molar-refractivity contribution in [1.29, 1.82) is 0 Å². The van der Waals surface area contributed by atoms with Gasteiger partial charge in [0.05, 0.1) is 5.54 Å². The summed E-state index contributed by atoms with van der Waals surface area (Å²) >= 11 is 1.39. The van der Waals surface area contributed by atoms with E-state index in [-0.39, 0.29) is 5.92 Å². The van der Waals surface area contributed by atoms with Crippen LogP contribution in [-0.2, 0) is 5.54 Å². The molecule has 3 rings (SSSR count). The van der Waals surface area contributed by atoms with Gasteiger partial charge in [-0.15, -0.1) is 0 Å². The van der Waals surface area contributed by atoms with Gasteiger partial charge in [0.1, 0.15) is 0 Å². The van der Waals surface area contributed by atoms with Crippen LogP contribution in [0.5, 0.6) is 5.75 Å². The standard InChI is InChI=1S/C14H15FN2O3S/c15-10-4-3-8(6-11(10)18)14-5-1-2-9(14)7-21-12(17-14)16-13(19)20/h3-4,6,9,18H,1-2,5,7H2,(H,16,17)(H,19,20)/t9?,14-/m1/s1. The van der Waals surface area contributed by atoms with E-state index in [9.17, 15) is 14.3 Å². The average molecular weight is 310 g/mol. The third kappa shape index (κ3) is 2.46. The van der Waals surface area contributed by atoms with Crippen LogP contribution in [-0.4, -0.2) is 27.2 Å². The number of nitrogens with one attached hydrogen (secondary N) is 1. The Balaban J connectivity index is 2.05. The molecule has 2 atom stereocenters. The highest BCUT2D eigenvalue weighted by Gasteiger charge is 2.47. The molecule has 0 radical (unpaired) electrons. The summed E-state index contributed by atoms with van der Waals surface area (Å²) in [5, 5.41) is 21.1. The van der Waals surface area contributed by atoms with Crippen molar-refractivity contribution >= 4 is 23.0 Å². The van der Waals surface area contributed by atoms with Crippen molar-refractivity contribution in [2.75, 3.05) is 5.75 Å². The topological polar surface area (TPSA) is 81.9 Å². The molecule has 1 amide bonds. The lowest BCUT2D eigenvalue weighted by Gasteiger charge is -2.36. The van der Waals surface area contributed by atoms with Crippen LogP contribution >= 0.6 is 11.8 Å². The van der Waals surface area contributed by atoms with Crippen LogP contribution in [0.2, 0.25) is 0 Å². The first-order valence-corrected chi connectivity index (χ1v) is 7.71. The van der Waals surface area contributed by atoms with Crippen molar-refractivity contribution in [2.45, 2.75) is 24.8 Å². The number of rotatable bonds is 1. The number of fused-ring (bicyclic) bond motifs is 1. The minimum absolute atomic E-state index is 0.270. The second-order valence-corrected chi connectivity index (χ2v) is 6.35. The Morgan fingerprint density at radius 2 is 2.33 bits per heavy atom. The van der Waals surface area contributed by atoms with Crippen LogP contribution in [0.25, 0.3) is 0 Å². The first kappa shape index (κ1) is 14.2. The van der Waals surface area contributed by atoms with Crippen molar-refractivity contribution in [3.63, 3.8) is 0 Å². The predicted molar refractivity (Wildman–Crippen MR) is 78.1 cm³/mol. The number of hydrogen-bond donors (Lipinski definition) is 3. The monoisotopic (exact) mass is 310 g/mol. The quantitative estimate of drug-likeness (QED) is 0.745. The zero-order chi connectivity index (χ0) is 15.0. The number of benzene rings is 1. The van der Waals surface area contributed by atoms with Gasteiger partial charge in [-0.1, -0.05) is 24.2 Å². The van der Waals surface area contributed by atoms with E-state index in [4.69, 9.17) is 5.11 Å². The van der Waals surface area contributed by atoms with Gasteiger partial charge in [-0.3, -0.25) is 10.3 Å². The van der Waals surface area contributed by atoms with Gasteiger partial charge in [0.15, 0.2) is 16.7 Å². The van der Waals surface area contributed by atoms with Crippen molar-refractivity contribution in [3.8, 4) is 5.75 Å². The molecule has 1 aliphatic carbocycles. The van der Waals surface area contributed by atoms with Crippen LogP contribution in [0, 0.1) is 11.7 Å². The highest BCUT2D eigenvalue weighted by atomic mass is 32.2. The van der Waals surface area contributed by atoms with Gasteiger partial charge >= 0.3 is 6.09 Å². The van der Waals surface area contributed by atoms with E-state index in [1.165, 1.54) is 23.9 Å². The van der Waals surface area contributed by atoms with Gasteiger partial charge in [-0.2, -0.15) is 0 Å². The zero-order valence-corrected chi connectivity index (χ0v) is 12.0. The molecule has 1 unspecified atom stereocenters. The maximum absolute atomic E-state index is 13.3. The van der Waals surface area contributed by atoms with Gasteiger partial charge < -0.3 is 10.2 Å². The summed E-state index contributed by atoms with van der Waals surface area (Å²) in [6.45, 7) is 0. The number of hydrogen-bond acceptors (Lipinski definition) is 4. The van der Waals surface area contributed by atoms with Gasteiger partial charge in [0.2, 0.25) is 0 Å². The lowest BCUT2D eigenvalue weighted by atomic mass is 9.81. The first-order chi connectivity index (χ1) is 10.0.